The number of nitrogens with two attached hydrogens (primary N) is 2. The molecule has 4 aromatic rings. The maximum absolute atomic E-state index is 10.6. The first-order valence-electron chi connectivity index (χ1n) is 13.9. The van der Waals surface area contributed by atoms with E-state index in [2.05, 4.69) is 40.5 Å². The number of ether oxygens (including phenoxy) is 2. The Labute approximate surface area is 248 Å². The van der Waals surface area contributed by atoms with Gasteiger partial charge in [-0.2, -0.15) is 0 Å². The van der Waals surface area contributed by atoms with Gasteiger partial charge in [0, 0.05) is 13.1 Å². The van der Waals surface area contributed by atoms with E-state index in [9.17, 15) is 30.6 Å². The van der Waals surface area contributed by atoms with Crippen molar-refractivity contribution in [2.75, 3.05) is 48.4 Å². The number of rotatable bonds is 11. The summed E-state index contributed by atoms with van der Waals surface area (Å²) in [5, 5.41) is 67.3. The lowest BCUT2D eigenvalue weighted by atomic mass is 10.1. The summed E-state index contributed by atoms with van der Waals surface area (Å²) in [5.74, 6) is 0.788. The van der Waals surface area contributed by atoms with Crippen LogP contribution in [0, 0.1) is 0 Å². The molecule has 6 rings (SSSR count). The molecule has 2 aliphatic rings. The van der Waals surface area contributed by atoms with Crippen LogP contribution in [-0.2, 0) is 9.47 Å². The van der Waals surface area contributed by atoms with Crippen LogP contribution in [0.2, 0.25) is 0 Å². The standard InChI is InChI=1S/C24H34N12O8/c25-17-11-19(31-7-29-17)35(21-15(41)13(39)9(5-37)43-21)23(33-11)27-3-1-2-4-28-24-34-12-18(26)30-8-32-20(12)36(24)22-16(42)14(40)10(6-38)44-22/h7-10,13-16,21-22,37-42H,1-6H2,(H,27,33)(H,28,34)(H2,25,29,31)(H2,26,30,32)/t9-,10-,13-,14-,15-,16-,21-,22-/m1/s1. The smallest absolute Gasteiger partial charge is 0.207 e. The predicted molar refractivity (Wildman–Crippen MR) is 152 cm³/mol. The van der Waals surface area contributed by atoms with Gasteiger partial charge in [-0.25, -0.2) is 29.9 Å². The Balaban J connectivity index is 1.14. The third kappa shape index (κ3) is 5.09. The van der Waals surface area contributed by atoms with Crippen molar-refractivity contribution < 1.29 is 40.1 Å². The number of aliphatic hydroxyl groups excluding tert-OH is 6. The molecular weight excluding hydrogens is 584 g/mol. The van der Waals surface area contributed by atoms with E-state index in [1.807, 2.05) is 0 Å². The van der Waals surface area contributed by atoms with Gasteiger partial charge in [-0.1, -0.05) is 0 Å². The van der Waals surface area contributed by atoms with Crippen LogP contribution in [0.1, 0.15) is 25.3 Å². The van der Waals surface area contributed by atoms with Gasteiger partial charge in [-0.3, -0.25) is 9.13 Å². The molecule has 2 saturated heterocycles. The highest BCUT2D eigenvalue weighted by molar-refractivity contribution is 5.84. The van der Waals surface area contributed by atoms with Crippen LogP contribution < -0.4 is 22.1 Å². The number of hydrogen-bond acceptors (Lipinski definition) is 18. The summed E-state index contributed by atoms with van der Waals surface area (Å²) in [6.07, 6.45) is -5.81. The Kier molecular flexibility index (Phi) is 8.30. The summed E-state index contributed by atoms with van der Waals surface area (Å²) in [7, 11) is 0. The van der Waals surface area contributed by atoms with Crippen LogP contribution in [0.4, 0.5) is 23.5 Å². The van der Waals surface area contributed by atoms with Gasteiger partial charge in [0.15, 0.2) is 46.4 Å². The second-order valence-corrected chi connectivity index (χ2v) is 10.5. The van der Waals surface area contributed by atoms with Gasteiger partial charge in [-0.15, -0.1) is 0 Å². The highest BCUT2D eigenvalue weighted by atomic mass is 16.6. The molecule has 0 aromatic carbocycles. The molecule has 44 heavy (non-hydrogen) atoms. The molecule has 12 N–H and O–H groups in total. The SMILES string of the molecule is Nc1ncnc2c1nc(NCCCCNc1nc3c(N)ncnc3n1[C@@H]1O[C@H](CO)[C@@H](O)[C@H]1O)n2[C@@H]1O[C@H](CO)[C@@H](O)[C@H]1O. The van der Waals surface area contributed by atoms with Crippen molar-refractivity contribution >= 4 is 45.9 Å². The maximum Gasteiger partial charge on any atom is 0.207 e. The first kappa shape index (κ1) is 30.0. The van der Waals surface area contributed by atoms with E-state index in [-0.39, 0.29) is 45.9 Å². The molecule has 238 valence electrons. The fourth-order valence-electron chi connectivity index (χ4n) is 5.42. The van der Waals surface area contributed by atoms with Gasteiger partial charge in [0.05, 0.1) is 13.2 Å². The summed E-state index contributed by atoms with van der Waals surface area (Å²) in [5.41, 5.74) is 13.1. The fourth-order valence-corrected chi connectivity index (χ4v) is 5.42. The summed E-state index contributed by atoms with van der Waals surface area (Å²) in [4.78, 5) is 25.4. The van der Waals surface area contributed by atoms with Gasteiger partial charge in [0.2, 0.25) is 11.9 Å². The van der Waals surface area contributed by atoms with Crippen LogP contribution in [0.25, 0.3) is 22.3 Å². The molecule has 20 heteroatoms. The molecule has 2 fully saturated rings. The lowest BCUT2D eigenvalue weighted by molar-refractivity contribution is -0.0501. The lowest BCUT2D eigenvalue weighted by Crippen LogP contribution is -2.33. The summed E-state index contributed by atoms with van der Waals surface area (Å²) >= 11 is 0. The van der Waals surface area contributed by atoms with Crippen LogP contribution in [0.3, 0.4) is 0 Å². The van der Waals surface area contributed by atoms with Crippen molar-refractivity contribution in [3.8, 4) is 0 Å². The lowest BCUT2D eigenvalue weighted by Gasteiger charge is -2.20. The molecule has 0 amide bonds. The minimum absolute atomic E-state index is 0.121. The number of unbranched alkanes of at least 4 members (excludes halogenated alkanes) is 1. The zero-order valence-electron chi connectivity index (χ0n) is 23.2. The number of nitrogen functional groups attached to an aromatic ring is 2. The Hall–Kier alpha value is -4.02. The predicted octanol–water partition coefficient (Wildman–Crippen LogP) is -3.34. The Morgan fingerprint density at radius 2 is 1.07 bits per heavy atom. The van der Waals surface area contributed by atoms with E-state index in [1.54, 1.807) is 0 Å². The average Bonchev–Trinajstić information content (AvgIpc) is 3.73. The molecular formula is C24H34N12O8. The number of imidazole rings is 2. The molecule has 4 aromatic heterocycles. The third-order valence-corrected chi connectivity index (χ3v) is 7.72. The van der Waals surface area contributed by atoms with Gasteiger partial charge in [-0.05, 0) is 12.8 Å². The summed E-state index contributed by atoms with van der Waals surface area (Å²) < 4.78 is 14.4. The van der Waals surface area contributed by atoms with Gasteiger partial charge >= 0.3 is 0 Å². The fraction of sp³-hybridized carbons (Fsp3) is 0.583. The zero-order valence-corrected chi connectivity index (χ0v) is 23.2. The minimum atomic E-state index is -1.36. The van der Waals surface area contributed by atoms with Crippen molar-refractivity contribution in [1.29, 1.82) is 0 Å². The number of aliphatic hydroxyl groups is 6. The first-order chi connectivity index (χ1) is 21.2. The van der Waals surface area contributed by atoms with Crippen LogP contribution in [0.15, 0.2) is 12.7 Å². The van der Waals surface area contributed by atoms with Gasteiger partial charge in [0.1, 0.15) is 49.3 Å². The van der Waals surface area contributed by atoms with Crippen LogP contribution >= 0.6 is 0 Å². The number of nitrogens with one attached hydrogen (secondary N) is 2. The Morgan fingerprint density at radius 1 is 0.659 bits per heavy atom. The van der Waals surface area contributed by atoms with Crippen molar-refractivity contribution in [2.24, 2.45) is 0 Å². The zero-order chi connectivity index (χ0) is 31.1. The highest BCUT2D eigenvalue weighted by Gasteiger charge is 2.46. The van der Waals surface area contributed by atoms with E-state index in [0.717, 1.165) is 0 Å². The molecule has 20 nitrogen and oxygen atoms in total. The minimum Gasteiger partial charge on any atom is -0.394 e. The second kappa shape index (κ2) is 12.2. The third-order valence-electron chi connectivity index (χ3n) is 7.72. The molecule has 6 heterocycles. The second-order valence-electron chi connectivity index (χ2n) is 10.5. The largest absolute Gasteiger partial charge is 0.394 e. The monoisotopic (exact) mass is 618 g/mol. The molecule has 0 saturated carbocycles. The van der Waals surface area contributed by atoms with Crippen molar-refractivity contribution in [2.45, 2.75) is 61.9 Å². The van der Waals surface area contributed by atoms with E-state index in [1.165, 1.54) is 21.8 Å². The number of hydrogen-bond donors (Lipinski definition) is 10. The Morgan fingerprint density at radius 3 is 1.43 bits per heavy atom. The van der Waals surface area contributed by atoms with E-state index in [0.29, 0.717) is 25.9 Å². The van der Waals surface area contributed by atoms with Crippen molar-refractivity contribution in [3.63, 3.8) is 0 Å². The molecule has 8 atom stereocenters. The van der Waals surface area contributed by atoms with Crippen LogP contribution in [-0.4, -0.2) is 133 Å². The number of anilines is 4. The van der Waals surface area contributed by atoms with E-state index in [4.69, 9.17) is 20.9 Å². The normalized spacial score (nSPS) is 28.8. The average molecular weight is 619 g/mol. The van der Waals surface area contributed by atoms with Crippen molar-refractivity contribution in [3.05, 3.63) is 12.7 Å². The Bertz CT molecular complexity index is 1500. The summed E-state index contributed by atoms with van der Waals surface area (Å²) in [6, 6.07) is 0. The summed E-state index contributed by atoms with van der Waals surface area (Å²) in [6.45, 7) is -0.154. The quantitative estimate of drug-likeness (QED) is 0.0734. The molecule has 2 aliphatic heterocycles. The number of fused-ring (bicyclic) bond motifs is 2. The molecule has 0 spiro atoms. The molecule has 0 unspecified atom stereocenters. The first-order valence-corrected chi connectivity index (χ1v) is 13.9. The topological polar surface area (TPSA) is 303 Å². The highest BCUT2D eigenvalue weighted by Crippen LogP contribution is 2.36. The molecule has 0 aliphatic carbocycles. The van der Waals surface area contributed by atoms with Gasteiger partial charge in [0.25, 0.3) is 0 Å². The number of aromatic nitrogens is 8. The number of nitrogens with zero attached hydrogens (tertiary/aromatic N) is 8. The van der Waals surface area contributed by atoms with Crippen molar-refractivity contribution in [1.82, 2.24) is 39.0 Å². The molecule has 0 radical (unpaired) electrons. The van der Waals surface area contributed by atoms with E-state index < -0.39 is 62.3 Å². The van der Waals surface area contributed by atoms with Crippen LogP contribution in [0.5, 0.6) is 0 Å². The molecule has 0 bridgehead atoms. The maximum atomic E-state index is 10.6. The van der Waals surface area contributed by atoms with E-state index >= 15 is 0 Å². The van der Waals surface area contributed by atoms with Gasteiger partial charge < -0.3 is 62.2 Å².